The summed E-state index contributed by atoms with van der Waals surface area (Å²) in [6.07, 6.45) is 0. The van der Waals surface area contributed by atoms with Crippen LogP contribution in [0.3, 0.4) is 0 Å². The van der Waals surface area contributed by atoms with Gasteiger partial charge in [-0.05, 0) is 48.6 Å². The van der Waals surface area contributed by atoms with Crippen LogP contribution in [0.5, 0.6) is 11.5 Å². The van der Waals surface area contributed by atoms with Crippen molar-refractivity contribution in [3.63, 3.8) is 0 Å². The fourth-order valence-corrected chi connectivity index (χ4v) is 2.60. The molecule has 0 aliphatic heterocycles. The SMILES string of the molecule is COc1ccc(OCCNC(=O)c2cc(F)cc3[nH]c(=S)[nH]c23)cc1. The van der Waals surface area contributed by atoms with E-state index in [1.807, 2.05) is 0 Å². The van der Waals surface area contributed by atoms with E-state index in [4.69, 9.17) is 21.7 Å². The number of H-pyrrole nitrogens is 2. The predicted molar refractivity (Wildman–Crippen MR) is 94.3 cm³/mol. The van der Waals surface area contributed by atoms with E-state index >= 15 is 0 Å². The van der Waals surface area contributed by atoms with Crippen molar-refractivity contribution in [3.8, 4) is 11.5 Å². The summed E-state index contributed by atoms with van der Waals surface area (Å²) in [5.74, 6) is 0.475. The van der Waals surface area contributed by atoms with Gasteiger partial charge in [-0.3, -0.25) is 4.79 Å². The largest absolute Gasteiger partial charge is 0.497 e. The smallest absolute Gasteiger partial charge is 0.253 e. The van der Waals surface area contributed by atoms with Crippen LogP contribution >= 0.6 is 12.2 Å². The zero-order valence-electron chi connectivity index (χ0n) is 13.4. The van der Waals surface area contributed by atoms with Crippen molar-refractivity contribution in [1.29, 1.82) is 0 Å². The Balaban J connectivity index is 1.60. The van der Waals surface area contributed by atoms with Crippen LogP contribution < -0.4 is 14.8 Å². The van der Waals surface area contributed by atoms with Gasteiger partial charge in [-0.2, -0.15) is 0 Å². The highest BCUT2D eigenvalue weighted by Crippen LogP contribution is 2.18. The number of nitrogens with one attached hydrogen (secondary N) is 3. The van der Waals surface area contributed by atoms with Gasteiger partial charge in [0.2, 0.25) is 0 Å². The number of carbonyl (C=O) groups excluding carboxylic acids is 1. The average molecular weight is 361 g/mol. The lowest BCUT2D eigenvalue weighted by atomic mass is 10.1. The first-order valence-electron chi connectivity index (χ1n) is 7.53. The van der Waals surface area contributed by atoms with Gasteiger partial charge in [0.25, 0.3) is 5.91 Å². The second-order valence-corrected chi connectivity index (χ2v) is 5.64. The van der Waals surface area contributed by atoms with Gasteiger partial charge in [0.15, 0.2) is 4.77 Å². The summed E-state index contributed by atoms with van der Waals surface area (Å²) in [5.41, 5.74) is 1.11. The lowest BCUT2D eigenvalue weighted by molar-refractivity contribution is 0.0948. The molecule has 0 aliphatic rings. The third-order valence-electron chi connectivity index (χ3n) is 3.55. The summed E-state index contributed by atoms with van der Waals surface area (Å²) in [6, 6.07) is 9.57. The molecule has 25 heavy (non-hydrogen) atoms. The van der Waals surface area contributed by atoms with Gasteiger partial charge in [-0.1, -0.05) is 0 Å². The Hall–Kier alpha value is -2.87. The molecule has 3 aromatic rings. The number of amides is 1. The number of aromatic nitrogens is 2. The maximum Gasteiger partial charge on any atom is 0.253 e. The maximum atomic E-state index is 13.7. The minimum Gasteiger partial charge on any atom is -0.497 e. The lowest BCUT2D eigenvalue weighted by Gasteiger charge is -2.09. The summed E-state index contributed by atoms with van der Waals surface area (Å²) in [4.78, 5) is 17.9. The Morgan fingerprint density at radius 3 is 2.64 bits per heavy atom. The number of hydrogen-bond donors (Lipinski definition) is 3. The average Bonchev–Trinajstić information content (AvgIpc) is 2.98. The van der Waals surface area contributed by atoms with Crippen LogP contribution in [0.4, 0.5) is 4.39 Å². The van der Waals surface area contributed by atoms with Gasteiger partial charge < -0.3 is 24.8 Å². The molecule has 2 aromatic carbocycles. The number of rotatable bonds is 6. The van der Waals surface area contributed by atoms with Crippen molar-refractivity contribution in [2.45, 2.75) is 0 Å². The predicted octanol–water partition coefficient (Wildman–Crippen LogP) is 3.18. The normalized spacial score (nSPS) is 10.6. The number of halogens is 1. The van der Waals surface area contributed by atoms with E-state index in [0.717, 1.165) is 5.75 Å². The van der Waals surface area contributed by atoms with E-state index in [0.29, 0.717) is 21.6 Å². The fourth-order valence-electron chi connectivity index (χ4n) is 2.39. The first kappa shape index (κ1) is 17.0. The van der Waals surface area contributed by atoms with Gasteiger partial charge in [0, 0.05) is 0 Å². The van der Waals surface area contributed by atoms with E-state index in [1.165, 1.54) is 12.1 Å². The van der Waals surface area contributed by atoms with Crippen LogP contribution in [0.25, 0.3) is 11.0 Å². The number of imidazole rings is 1. The molecule has 3 rings (SSSR count). The van der Waals surface area contributed by atoms with Gasteiger partial charge in [0.1, 0.15) is 23.9 Å². The quantitative estimate of drug-likeness (QED) is 0.465. The number of carbonyl (C=O) groups is 1. The molecule has 0 unspecified atom stereocenters. The number of benzene rings is 2. The molecule has 1 amide bonds. The van der Waals surface area contributed by atoms with E-state index in [1.54, 1.807) is 31.4 Å². The van der Waals surface area contributed by atoms with Gasteiger partial charge in [-0.15, -0.1) is 0 Å². The molecule has 1 aromatic heterocycles. The molecule has 130 valence electrons. The summed E-state index contributed by atoms with van der Waals surface area (Å²) < 4.78 is 24.6. The van der Waals surface area contributed by atoms with Crippen molar-refractivity contribution in [3.05, 3.63) is 52.5 Å². The molecule has 0 saturated heterocycles. The van der Waals surface area contributed by atoms with Gasteiger partial charge >= 0.3 is 0 Å². The number of fused-ring (bicyclic) bond motifs is 1. The minimum atomic E-state index is -0.516. The zero-order valence-corrected chi connectivity index (χ0v) is 14.2. The standard InChI is InChI=1S/C17H16FN3O3S/c1-23-11-2-4-12(5-3-11)24-7-6-19-16(22)13-8-10(18)9-14-15(13)21-17(25)20-14/h2-5,8-9H,6-7H2,1H3,(H,19,22)(H2,20,21,25). The van der Waals surface area contributed by atoms with E-state index in [9.17, 15) is 9.18 Å². The van der Waals surface area contributed by atoms with E-state index in [-0.39, 0.29) is 18.7 Å². The van der Waals surface area contributed by atoms with Crippen LogP contribution in [0.2, 0.25) is 0 Å². The number of ether oxygens (including phenoxy) is 2. The Bertz CT molecular complexity index is 950. The molecule has 0 bridgehead atoms. The Morgan fingerprint density at radius 2 is 1.92 bits per heavy atom. The summed E-state index contributed by atoms with van der Waals surface area (Å²) in [6.45, 7) is 0.549. The second kappa shape index (κ2) is 7.35. The molecule has 0 saturated carbocycles. The first-order valence-corrected chi connectivity index (χ1v) is 7.94. The van der Waals surface area contributed by atoms with Gasteiger partial charge in [0.05, 0.1) is 30.3 Å². The molecule has 6 nitrogen and oxygen atoms in total. The topological polar surface area (TPSA) is 79.1 Å². The van der Waals surface area contributed by atoms with Crippen molar-refractivity contribution in [2.24, 2.45) is 0 Å². The number of hydrogen-bond acceptors (Lipinski definition) is 4. The van der Waals surface area contributed by atoms with E-state index < -0.39 is 11.7 Å². The minimum absolute atomic E-state index is 0.187. The molecular weight excluding hydrogens is 345 g/mol. The van der Waals surface area contributed by atoms with Crippen molar-refractivity contribution in [1.82, 2.24) is 15.3 Å². The third-order valence-corrected chi connectivity index (χ3v) is 3.75. The highest BCUT2D eigenvalue weighted by atomic mass is 32.1. The first-order chi connectivity index (χ1) is 12.1. The molecule has 0 radical (unpaired) electrons. The lowest BCUT2D eigenvalue weighted by Crippen LogP contribution is -2.28. The molecule has 0 aliphatic carbocycles. The monoisotopic (exact) mass is 361 g/mol. The molecule has 1 heterocycles. The Labute approximate surface area is 148 Å². The van der Waals surface area contributed by atoms with E-state index in [2.05, 4.69) is 15.3 Å². The van der Waals surface area contributed by atoms with Crippen molar-refractivity contribution in [2.75, 3.05) is 20.3 Å². The third kappa shape index (κ3) is 3.97. The van der Waals surface area contributed by atoms with Gasteiger partial charge in [-0.25, -0.2) is 4.39 Å². The molecule has 0 spiro atoms. The highest BCUT2D eigenvalue weighted by Gasteiger charge is 2.13. The van der Waals surface area contributed by atoms with Crippen molar-refractivity contribution < 1.29 is 18.7 Å². The van der Waals surface area contributed by atoms with Crippen molar-refractivity contribution >= 4 is 29.2 Å². The van der Waals surface area contributed by atoms with Crippen LogP contribution in [0, 0.1) is 10.6 Å². The fraction of sp³-hybridized carbons (Fsp3) is 0.176. The zero-order chi connectivity index (χ0) is 17.8. The second-order valence-electron chi connectivity index (χ2n) is 5.23. The molecule has 8 heteroatoms. The molecule has 3 N–H and O–H groups in total. The molecule has 0 fully saturated rings. The summed E-state index contributed by atoms with van der Waals surface area (Å²) in [5, 5.41) is 2.70. The summed E-state index contributed by atoms with van der Waals surface area (Å²) in [7, 11) is 1.59. The van der Waals surface area contributed by atoms with Crippen LogP contribution in [0.1, 0.15) is 10.4 Å². The highest BCUT2D eigenvalue weighted by molar-refractivity contribution is 7.71. The van der Waals surface area contributed by atoms with Crippen LogP contribution in [0.15, 0.2) is 36.4 Å². The summed E-state index contributed by atoms with van der Waals surface area (Å²) >= 11 is 4.99. The number of aromatic amines is 2. The molecule has 0 atom stereocenters. The molecular formula is C17H16FN3O3S. The Morgan fingerprint density at radius 1 is 1.20 bits per heavy atom. The Kier molecular flexibility index (Phi) is 4.99. The number of methoxy groups -OCH3 is 1. The maximum absolute atomic E-state index is 13.7. The van der Waals surface area contributed by atoms with Crippen LogP contribution in [-0.4, -0.2) is 36.1 Å². The van der Waals surface area contributed by atoms with Crippen LogP contribution in [-0.2, 0) is 0 Å².